The van der Waals surface area contributed by atoms with Crippen LogP contribution in [0.4, 0.5) is 5.69 Å². The van der Waals surface area contributed by atoms with Gasteiger partial charge in [-0.1, -0.05) is 39.7 Å². The lowest BCUT2D eigenvalue weighted by molar-refractivity contribution is -0.384. The number of aryl methyl sites for hydroxylation is 2. The number of non-ortho nitro benzene ring substituents is 1. The number of nitrogens with zero attached hydrogens (tertiary/aromatic N) is 1. The Labute approximate surface area is 114 Å². The highest BCUT2D eigenvalue weighted by Crippen LogP contribution is 2.34. The van der Waals surface area contributed by atoms with Crippen molar-refractivity contribution in [2.45, 2.75) is 13.8 Å². The second-order valence-electron chi connectivity index (χ2n) is 4.24. The molecular weight excluding hydrogens is 294 g/mol. The zero-order valence-electron chi connectivity index (χ0n) is 10.1. The lowest BCUT2D eigenvalue weighted by atomic mass is 9.98. The second-order valence-corrected chi connectivity index (χ2v) is 5.09. The summed E-state index contributed by atoms with van der Waals surface area (Å²) in [4.78, 5) is 10.5. The molecule has 0 aliphatic rings. The molecule has 0 saturated heterocycles. The summed E-state index contributed by atoms with van der Waals surface area (Å²) in [7, 11) is 0. The van der Waals surface area contributed by atoms with Gasteiger partial charge in [0.15, 0.2) is 0 Å². The van der Waals surface area contributed by atoms with Gasteiger partial charge >= 0.3 is 0 Å². The molecule has 0 aliphatic heterocycles. The van der Waals surface area contributed by atoms with Crippen molar-refractivity contribution in [2.24, 2.45) is 0 Å². The molecule has 3 nitrogen and oxygen atoms in total. The third-order valence-corrected chi connectivity index (χ3v) is 3.54. The van der Waals surface area contributed by atoms with Crippen molar-refractivity contribution in [1.82, 2.24) is 0 Å². The van der Waals surface area contributed by atoms with Crippen LogP contribution in [-0.2, 0) is 0 Å². The SMILES string of the molecule is Cc1ccc(C)c(-c2cc([N+](=O)[O-])ccc2Br)c1. The van der Waals surface area contributed by atoms with E-state index in [1.54, 1.807) is 12.1 Å². The summed E-state index contributed by atoms with van der Waals surface area (Å²) in [5.41, 5.74) is 4.21. The minimum absolute atomic E-state index is 0.106. The van der Waals surface area contributed by atoms with E-state index in [1.165, 1.54) is 6.07 Å². The van der Waals surface area contributed by atoms with Crippen molar-refractivity contribution in [3.63, 3.8) is 0 Å². The number of rotatable bonds is 2. The van der Waals surface area contributed by atoms with Gasteiger partial charge in [0.1, 0.15) is 0 Å². The molecule has 0 aromatic heterocycles. The molecule has 92 valence electrons. The van der Waals surface area contributed by atoms with Gasteiger partial charge in [0.25, 0.3) is 5.69 Å². The molecule has 2 aromatic rings. The average Bonchev–Trinajstić information content (AvgIpc) is 2.33. The van der Waals surface area contributed by atoms with Crippen molar-refractivity contribution in [2.75, 3.05) is 0 Å². The summed E-state index contributed by atoms with van der Waals surface area (Å²) in [5, 5.41) is 10.8. The van der Waals surface area contributed by atoms with Crippen LogP contribution in [-0.4, -0.2) is 4.92 Å². The Kier molecular flexibility index (Phi) is 3.48. The van der Waals surface area contributed by atoms with Crippen LogP contribution in [0.25, 0.3) is 11.1 Å². The molecule has 0 spiro atoms. The minimum atomic E-state index is -0.374. The van der Waals surface area contributed by atoms with E-state index in [0.29, 0.717) is 0 Å². The van der Waals surface area contributed by atoms with E-state index in [-0.39, 0.29) is 10.6 Å². The van der Waals surface area contributed by atoms with Crippen LogP contribution in [0.3, 0.4) is 0 Å². The number of hydrogen-bond donors (Lipinski definition) is 0. The Bertz CT molecular complexity index is 623. The van der Waals surface area contributed by atoms with E-state index in [9.17, 15) is 10.1 Å². The number of halogens is 1. The highest BCUT2D eigenvalue weighted by molar-refractivity contribution is 9.10. The Morgan fingerprint density at radius 2 is 1.78 bits per heavy atom. The largest absolute Gasteiger partial charge is 0.270 e. The first-order valence-electron chi connectivity index (χ1n) is 5.50. The summed E-state index contributed by atoms with van der Waals surface area (Å²) in [6, 6.07) is 10.9. The third-order valence-electron chi connectivity index (χ3n) is 2.84. The Balaban J connectivity index is 2.66. The van der Waals surface area contributed by atoms with E-state index < -0.39 is 0 Å². The lowest BCUT2D eigenvalue weighted by Crippen LogP contribution is -1.91. The van der Waals surface area contributed by atoms with Crippen LogP contribution in [0.1, 0.15) is 11.1 Å². The van der Waals surface area contributed by atoms with Crippen molar-refractivity contribution in [3.05, 3.63) is 62.1 Å². The highest BCUT2D eigenvalue weighted by atomic mass is 79.9. The fraction of sp³-hybridized carbons (Fsp3) is 0.143. The molecule has 2 aromatic carbocycles. The topological polar surface area (TPSA) is 43.1 Å². The van der Waals surface area contributed by atoms with Gasteiger partial charge in [-0.2, -0.15) is 0 Å². The molecule has 0 N–H and O–H groups in total. The lowest BCUT2D eigenvalue weighted by Gasteiger charge is -2.09. The maximum atomic E-state index is 10.8. The van der Waals surface area contributed by atoms with E-state index in [0.717, 1.165) is 26.7 Å². The van der Waals surface area contributed by atoms with Gasteiger partial charge in [-0.25, -0.2) is 0 Å². The summed E-state index contributed by atoms with van der Waals surface area (Å²) < 4.78 is 0.863. The summed E-state index contributed by atoms with van der Waals surface area (Å²) in [6.45, 7) is 4.01. The first-order chi connectivity index (χ1) is 8.49. The molecule has 0 atom stereocenters. The molecule has 0 amide bonds. The third kappa shape index (κ3) is 2.43. The normalized spacial score (nSPS) is 10.4. The summed E-state index contributed by atoms with van der Waals surface area (Å²) in [5.74, 6) is 0. The van der Waals surface area contributed by atoms with Crippen LogP contribution < -0.4 is 0 Å². The Morgan fingerprint density at radius 1 is 1.06 bits per heavy atom. The van der Waals surface area contributed by atoms with Crippen LogP contribution in [0, 0.1) is 24.0 Å². The molecule has 18 heavy (non-hydrogen) atoms. The van der Waals surface area contributed by atoms with Gasteiger partial charge in [0, 0.05) is 22.2 Å². The predicted octanol–water partition coefficient (Wildman–Crippen LogP) is 4.64. The number of benzene rings is 2. The maximum Gasteiger partial charge on any atom is 0.270 e. The molecule has 0 fully saturated rings. The van der Waals surface area contributed by atoms with Crippen molar-refractivity contribution in [1.29, 1.82) is 0 Å². The highest BCUT2D eigenvalue weighted by Gasteiger charge is 2.12. The van der Waals surface area contributed by atoms with Crippen molar-refractivity contribution >= 4 is 21.6 Å². The van der Waals surface area contributed by atoms with E-state index in [2.05, 4.69) is 15.9 Å². The van der Waals surface area contributed by atoms with Crippen LogP contribution in [0.15, 0.2) is 40.9 Å². The Morgan fingerprint density at radius 3 is 2.44 bits per heavy atom. The van der Waals surface area contributed by atoms with Gasteiger partial charge in [0.05, 0.1) is 4.92 Å². The van der Waals surface area contributed by atoms with Gasteiger partial charge in [-0.15, -0.1) is 0 Å². The van der Waals surface area contributed by atoms with E-state index in [4.69, 9.17) is 0 Å². The molecule has 0 saturated carbocycles. The minimum Gasteiger partial charge on any atom is -0.258 e. The fourth-order valence-electron chi connectivity index (χ4n) is 1.86. The monoisotopic (exact) mass is 305 g/mol. The average molecular weight is 306 g/mol. The van der Waals surface area contributed by atoms with Gasteiger partial charge in [-0.3, -0.25) is 10.1 Å². The van der Waals surface area contributed by atoms with Gasteiger partial charge < -0.3 is 0 Å². The zero-order chi connectivity index (χ0) is 13.3. The Hall–Kier alpha value is -1.68. The molecule has 0 radical (unpaired) electrons. The van der Waals surface area contributed by atoms with Crippen LogP contribution in [0.2, 0.25) is 0 Å². The van der Waals surface area contributed by atoms with Crippen LogP contribution in [0.5, 0.6) is 0 Å². The predicted molar refractivity (Wildman–Crippen MR) is 75.7 cm³/mol. The molecule has 0 heterocycles. The quantitative estimate of drug-likeness (QED) is 0.599. The van der Waals surface area contributed by atoms with Crippen LogP contribution >= 0.6 is 15.9 Å². The fourth-order valence-corrected chi connectivity index (χ4v) is 2.32. The van der Waals surface area contributed by atoms with Crippen molar-refractivity contribution in [3.8, 4) is 11.1 Å². The molecule has 4 heteroatoms. The van der Waals surface area contributed by atoms with Crippen molar-refractivity contribution < 1.29 is 4.92 Å². The summed E-state index contributed by atoms with van der Waals surface area (Å²) in [6.07, 6.45) is 0. The first-order valence-corrected chi connectivity index (χ1v) is 6.30. The first kappa shape index (κ1) is 12.8. The molecule has 2 rings (SSSR count). The van der Waals surface area contributed by atoms with Gasteiger partial charge in [-0.05, 0) is 31.0 Å². The van der Waals surface area contributed by atoms with E-state index in [1.807, 2.05) is 32.0 Å². The standard InChI is InChI=1S/C14H12BrNO2/c1-9-3-4-10(2)12(7-9)13-8-11(16(17)18)5-6-14(13)15/h3-8H,1-2H3. The number of nitro groups is 1. The second kappa shape index (κ2) is 4.90. The smallest absolute Gasteiger partial charge is 0.258 e. The molecule has 0 bridgehead atoms. The zero-order valence-corrected chi connectivity index (χ0v) is 11.7. The maximum absolute atomic E-state index is 10.8. The van der Waals surface area contributed by atoms with E-state index >= 15 is 0 Å². The summed E-state index contributed by atoms with van der Waals surface area (Å²) >= 11 is 3.45. The van der Waals surface area contributed by atoms with Gasteiger partial charge in [0.2, 0.25) is 0 Å². The molecular formula is C14H12BrNO2. The number of hydrogen-bond acceptors (Lipinski definition) is 2. The molecule has 0 unspecified atom stereocenters. The molecule has 0 aliphatic carbocycles. The number of nitro benzene ring substituents is 1.